The molecule has 242 valence electrons. The Morgan fingerprint density at radius 3 is 2.02 bits per heavy atom. The minimum Gasteiger partial charge on any atom is -0.467 e. The molecule has 0 aromatic heterocycles. The van der Waals surface area contributed by atoms with Crippen LogP contribution >= 0.6 is 0 Å². The number of rotatable bonds is 14. The van der Waals surface area contributed by atoms with Gasteiger partial charge in [0.25, 0.3) is 0 Å². The fraction of sp³-hybridized carbons (Fsp3) is 0.867. The molecule has 0 aromatic carbocycles. The molecule has 11 heteroatoms. The summed E-state index contributed by atoms with van der Waals surface area (Å²) in [6.45, 7) is 16.0. The zero-order chi connectivity index (χ0) is 32.3. The molecular weight excluding hydrogens is 528 g/mol. The van der Waals surface area contributed by atoms with Crippen molar-refractivity contribution in [2.24, 2.45) is 17.6 Å². The maximum Gasteiger partial charge on any atom is 0.328 e. The molecule has 0 bridgehead atoms. The van der Waals surface area contributed by atoms with Crippen LogP contribution in [-0.4, -0.2) is 105 Å². The number of carbonyl (C=O) groups excluding carboxylic acids is 4. The highest BCUT2D eigenvalue weighted by atomic mass is 16.5. The first kappa shape index (κ1) is 40.9. The average molecular weight is 589 g/mol. The van der Waals surface area contributed by atoms with Crippen molar-refractivity contribution in [1.82, 2.24) is 15.1 Å². The summed E-state index contributed by atoms with van der Waals surface area (Å²) in [7, 11) is 6.01. The maximum absolute atomic E-state index is 13.5. The van der Waals surface area contributed by atoms with Crippen molar-refractivity contribution in [3.05, 3.63) is 0 Å². The zero-order valence-corrected chi connectivity index (χ0v) is 27.8. The first-order valence-electron chi connectivity index (χ1n) is 15.1. The molecule has 6 unspecified atom stereocenters. The Morgan fingerprint density at radius 2 is 1.59 bits per heavy atom. The summed E-state index contributed by atoms with van der Waals surface area (Å²) in [4.78, 5) is 53.8. The van der Waals surface area contributed by atoms with E-state index in [4.69, 9.17) is 15.2 Å². The highest BCUT2D eigenvalue weighted by Crippen LogP contribution is 2.29. The van der Waals surface area contributed by atoms with Crippen LogP contribution < -0.4 is 11.1 Å². The van der Waals surface area contributed by atoms with Crippen LogP contribution in [0.1, 0.15) is 87.5 Å². The summed E-state index contributed by atoms with van der Waals surface area (Å²) in [5.41, 5.74) is 5.59. The van der Waals surface area contributed by atoms with Gasteiger partial charge in [-0.15, -0.1) is 0 Å². The van der Waals surface area contributed by atoms with Gasteiger partial charge in [-0.2, -0.15) is 0 Å². The van der Waals surface area contributed by atoms with Crippen LogP contribution in [0.15, 0.2) is 0 Å². The van der Waals surface area contributed by atoms with Gasteiger partial charge in [-0.25, -0.2) is 4.79 Å². The fourth-order valence-electron chi connectivity index (χ4n) is 5.05. The number of nitrogens with two attached hydrogens (primary N) is 1. The molecule has 11 nitrogen and oxygen atoms in total. The average Bonchev–Trinajstić information content (AvgIpc) is 3.46. The third-order valence-corrected chi connectivity index (χ3v) is 7.39. The van der Waals surface area contributed by atoms with Gasteiger partial charge >= 0.3 is 5.97 Å². The smallest absolute Gasteiger partial charge is 0.328 e. The van der Waals surface area contributed by atoms with Gasteiger partial charge in [0, 0.05) is 27.8 Å². The monoisotopic (exact) mass is 588 g/mol. The van der Waals surface area contributed by atoms with Crippen LogP contribution in [0.2, 0.25) is 0 Å². The molecule has 0 saturated carbocycles. The number of esters is 1. The zero-order valence-electron chi connectivity index (χ0n) is 27.8. The van der Waals surface area contributed by atoms with Gasteiger partial charge in [0.2, 0.25) is 17.7 Å². The van der Waals surface area contributed by atoms with E-state index >= 15 is 0 Å². The number of nitrogens with zero attached hydrogens (tertiary/aromatic N) is 2. The summed E-state index contributed by atoms with van der Waals surface area (Å²) < 4.78 is 16.1. The van der Waals surface area contributed by atoms with E-state index in [2.05, 4.69) is 23.9 Å². The highest BCUT2D eigenvalue weighted by Gasteiger charge is 2.42. The van der Waals surface area contributed by atoms with E-state index in [0.717, 1.165) is 12.8 Å². The van der Waals surface area contributed by atoms with Crippen molar-refractivity contribution in [1.29, 1.82) is 0 Å². The van der Waals surface area contributed by atoms with Crippen molar-refractivity contribution in [2.75, 3.05) is 41.5 Å². The Kier molecular flexibility index (Phi) is 22.3. The van der Waals surface area contributed by atoms with Crippen LogP contribution in [0.25, 0.3) is 0 Å². The van der Waals surface area contributed by atoms with Crippen LogP contribution in [0.3, 0.4) is 0 Å². The van der Waals surface area contributed by atoms with Gasteiger partial charge in [-0.05, 0) is 25.7 Å². The third-order valence-electron chi connectivity index (χ3n) is 7.39. The lowest BCUT2D eigenvalue weighted by Crippen LogP contribution is -2.54. The Hall–Kier alpha value is -2.24. The molecule has 1 saturated heterocycles. The molecule has 0 radical (unpaired) electrons. The van der Waals surface area contributed by atoms with Crippen molar-refractivity contribution < 1.29 is 33.4 Å². The van der Waals surface area contributed by atoms with Gasteiger partial charge in [0.15, 0.2) is 0 Å². The molecule has 3 N–H and O–H groups in total. The summed E-state index contributed by atoms with van der Waals surface area (Å²) in [6.07, 6.45) is 2.52. The standard InChI is InChI=1S/C25H46N4O7.C3H8.C2H6/c1-9-15(2)22(28(5)21(31)14-26)19(34-6)13-20(30)29-12-10-11-18(29)23(35-7)16(3)24(32)27-17(4)25(33)36-8;1-3-2;1-2/h15-19,22-23H,9-14,26H2,1-8H3,(H,27,32);3H2,1-2H3;1-2H3/t15?,16?,17-,18?,19?,22?,23?;;/m0../s1. The predicted molar refractivity (Wildman–Crippen MR) is 162 cm³/mol. The number of carbonyl (C=O) groups is 4. The summed E-state index contributed by atoms with van der Waals surface area (Å²) in [5, 5.41) is 2.65. The predicted octanol–water partition coefficient (Wildman–Crippen LogP) is 2.99. The summed E-state index contributed by atoms with van der Waals surface area (Å²) in [5.74, 6) is -1.75. The first-order chi connectivity index (χ1) is 19.4. The van der Waals surface area contributed by atoms with Gasteiger partial charge in [0.05, 0.1) is 50.3 Å². The Balaban J connectivity index is 0. The molecule has 41 heavy (non-hydrogen) atoms. The summed E-state index contributed by atoms with van der Waals surface area (Å²) in [6, 6.07) is -1.42. The number of likely N-dealkylation sites (N-methyl/N-ethyl adjacent to an activating group) is 1. The Labute approximate surface area is 249 Å². The van der Waals surface area contributed by atoms with Crippen LogP contribution in [-0.2, 0) is 33.4 Å². The Morgan fingerprint density at radius 1 is 1.02 bits per heavy atom. The van der Waals surface area contributed by atoms with Crippen molar-refractivity contribution in [3.8, 4) is 0 Å². The molecule has 0 aromatic rings. The highest BCUT2D eigenvalue weighted by molar-refractivity contribution is 5.86. The van der Waals surface area contributed by atoms with Crippen molar-refractivity contribution in [3.63, 3.8) is 0 Å². The number of likely N-dealkylation sites (tertiary alicyclic amines) is 1. The molecule has 1 rings (SSSR count). The second-order valence-corrected chi connectivity index (χ2v) is 10.3. The minimum atomic E-state index is -0.795. The molecule has 1 heterocycles. The fourth-order valence-corrected chi connectivity index (χ4v) is 5.05. The number of methoxy groups -OCH3 is 3. The Bertz CT molecular complexity index is 767. The molecule has 1 aliphatic heterocycles. The second kappa shape index (κ2) is 22.4. The lowest BCUT2D eigenvalue weighted by Gasteiger charge is -2.39. The van der Waals surface area contributed by atoms with Gasteiger partial charge in [-0.1, -0.05) is 61.3 Å². The van der Waals surface area contributed by atoms with Crippen LogP contribution in [0.4, 0.5) is 0 Å². The first-order valence-corrected chi connectivity index (χ1v) is 15.1. The molecule has 0 aliphatic carbocycles. The third kappa shape index (κ3) is 12.7. The normalized spacial score (nSPS) is 18.7. The van der Waals surface area contributed by atoms with E-state index in [-0.39, 0.29) is 48.7 Å². The van der Waals surface area contributed by atoms with Gasteiger partial charge < -0.3 is 35.1 Å². The lowest BCUT2D eigenvalue weighted by atomic mass is 9.90. The maximum atomic E-state index is 13.5. The number of ether oxygens (including phenoxy) is 3. The largest absolute Gasteiger partial charge is 0.467 e. The quantitative estimate of drug-likeness (QED) is 0.295. The molecule has 3 amide bonds. The van der Waals surface area contributed by atoms with Crippen LogP contribution in [0.5, 0.6) is 0 Å². The SMILES string of the molecule is CC.CCC.CCC(C)C(C(CC(=O)N1CCCC1C(OC)C(C)C(=O)N[C@@H](C)C(=O)OC)OC)N(C)C(=O)CN. The number of hydrogen-bond acceptors (Lipinski definition) is 8. The number of amides is 3. The topological polar surface area (TPSA) is 141 Å². The molecule has 1 aliphatic rings. The van der Waals surface area contributed by atoms with E-state index in [1.54, 1.807) is 37.8 Å². The van der Waals surface area contributed by atoms with Gasteiger partial charge in [-0.3, -0.25) is 14.4 Å². The second-order valence-electron chi connectivity index (χ2n) is 10.3. The molecule has 7 atom stereocenters. The number of nitrogens with one attached hydrogen (secondary N) is 1. The molecule has 1 fully saturated rings. The van der Waals surface area contributed by atoms with E-state index in [1.807, 2.05) is 27.7 Å². The minimum absolute atomic E-state index is 0.0839. The van der Waals surface area contributed by atoms with Crippen molar-refractivity contribution >= 4 is 23.7 Å². The van der Waals surface area contributed by atoms with E-state index < -0.39 is 30.1 Å². The number of hydrogen-bond donors (Lipinski definition) is 2. The van der Waals surface area contributed by atoms with E-state index in [0.29, 0.717) is 13.0 Å². The van der Waals surface area contributed by atoms with Crippen molar-refractivity contribution in [2.45, 2.75) is 118 Å². The van der Waals surface area contributed by atoms with E-state index in [1.165, 1.54) is 20.6 Å². The summed E-state index contributed by atoms with van der Waals surface area (Å²) >= 11 is 0. The molecular formula is C30H60N4O7. The van der Waals surface area contributed by atoms with Crippen LogP contribution in [0, 0.1) is 11.8 Å². The van der Waals surface area contributed by atoms with E-state index in [9.17, 15) is 19.2 Å². The van der Waals surface area contributed by atoms with Gasteiger partial charge in [0.1, 0.15) is 6.04 Å². The molecule has 0 spiro atoms. The lowest BCUT2D eigenvalue weighted by molar-refractivity contribution is -0.147.